The smallest absolute Gasteiger partial charge is 0.119 e. The third kappa shape index (κ3) is 6.24. The Morgan fingerprint density at radius 2 is 1.28 bits per heavy atom. The van der Waals surface area contributed by atoms with Crippen LogP contribution >= 0.6 is 0 Å². The van der Waals surface area contributed by atoms with Crippen molar-refractivity contribution in [3.63, 3.8) is 0 Å². The minimum absolute atomic E-state index is 0.123. The number of aliphatic hydroxyl groups excluding tert-OH is 1. The van der Waals surface area contributed by atoms with Crippen molar-refractivity contribution >= 4 is 0 Å². The number of hydrogen-bond donors (Lipinski definition) is 1. The van der Waals surface area contributed by atoms with Crippen LogP contribution in [0.15, 0.2) is 48.5 Å². The molecular formula is C26H38O3. The van der Waals surface area contributed by atoms with Crippen molar-refractivity contribution in [1.82, 2.24) is 0 Å². The van der Waals surface area contributed by atoms with Gasteiger partial charge in [-0.15, -0.1) is 0 Å². The van der Waals surface area contributed by atoms with Gasteiger partial charge in [-0.1, -0.05) is 71.7 Å². The quantitative estimate of drug-likeness (QED) is 0.478. The summed E-state index contributed by atoms with van der Waals surface area (Å²) >= 11 is 0. The van der Waals surface area contributed by atoms with Crippen molar-refractivity contribution in [3.05, 3.63) is 59.7 Å². The molecule has 0 aromatic heterocycles. The van der Waals surface area contributed by atoms with Crippen molar-refractivity contribution < 1.29 is 14.6 Å². The fraction of sp³-hybridized carbons (Fsp3) is 0.538. The number of hydrogen-bond acceptors (Lipinski definition) is 3. The van der Waals surface area contributed by atoms with Crippen LogP contribution < -0.4 is 9.47 Å². The van der Waals surface area contributed by atoms with Crippen LogP contribution in [0.4, 0.5) is 0 Å². The first kappa shape index (κ1) is 23.3. The fourth-order valence-corrected chi connectivity index (χ4v) is 3.55. The number of rotatable bonds is 11. The molecule has 0 fully saturated rings. The van der Waals surface area contributed by atoms with E-state index in [0.717, 1.165) is 30.8 Å². The summed E-state index contributed by atoms with van der Waals surface area (Å²) in [5.74, 6) is 2.01. The molecule has 0 amide bonds. The van der Waals surface area contributed by atoms with Crippen LogP contribution in [-0.2, 0) is 5.41 Å². The van der Waals surface area contributed by atoms with Gasteiger partial charge in [-0.05, 0) is 54.7 Å². The average Bonchev–Trinajstić information content (AvgIpc) is 2.73. The van der Waals surface area contributed by atoms with E-state index in [2.05, 4.69) is 77.9 Å². The Kier molecular flexibility index (Phi) is 8.58. The Morgan fingerprint density at radius 1 is 0.793 bits per heavy atom. The summed E-state index contributed by atoms with van der Waals surface area (Å²) in [4.78, 5) is 0. The SMILES string of the molecule is CCC(C)Oc1ccc(C(C)(C)c2ccc(OCC(O)C(CC)CC)cc2)cc1. The van der Waals surface area contributed by atoms with E-state index in [1.165, 1.54) is 11.1 Å². The minimum atomic E-state index is -0.419. The summed E-state index contributed by atoms with van der Waals surface area (Å²) in [5.41, 5.74) is 2.34. The molecule has 0 saturated heterocycles. The van der Waals surface area contributed by atoms with Crippen LogP contribution in [0.2, 0.25) is 0 Å². The van der Waals surface area contributed by atoms with E-state index >= 15 is 0 Å². The van der Waals surface area contributed by atoms with Gasteiger partial charge in [0.05, 0.1) is 12.2 Å². The zero-order valence-corrected chi connectivity index (χ0v) is 18.9. The predicted molar refractivity (Wildman–Crippen MR) is 121 cm³/mol. The van der Waals surface area contributed by atoms with Gasteiger partial charge in [0, 0.05) is 5.41 Å². The molecule has 0 aliphatic heterocycles. The summed E-state index contributed by atoms with van der Waals surface area (Å²) < 4.78 is 11.7. The lowest BCUT2D eigenvalue weighted by Gasteiger charge is -2.27. The zero-order chi connectivity index (χ0) is 21.4. The van der Waals surface area contributed by atoms with Gasteiger partial charge in [0.1, 0.15) is 18.1 Å². The molecule has 2 aromatic rings. The van der Waals surface area contributed by atoms with E-state index in [9.17, 15) is 5.11 Å². The highest BCUT2D eigenvalue weighted by Gasteiger charge is 2.23. The van der Waals surface area contributed by atoms with E-state index in [-0.39, 0.29) is 11.5 Å². The lowest BCUT2D eigenvalue weighted by atomic mass is 9.78. The lowest BCUT2D eigenvalue weighted by Crippen LogP contribution is -2.26. The van der Waals surface area contributed by atoms with Crippen LogP contribution in [-0.4, -0.2) is 23.9 Å². The van der Waals surface area contributed by atoms with Crippen LogP contribution in [0.3, 0.4) is 0 Å². The van der Waals surface area contributed by atoms with Crippen molar-refractivity contribution in [1.29, 1.82) is 0 Å². The van der Waals surface area contributed by atoms with E-state index in [1.807, 2.05) is 12.1 Å². The van der Waals surface area contributed by atoms with E-state index in [0.29, 0.717) is 12.5 Å². The summed E-state index contributed by atoms with van der Waals surface area (Å²) in [6.07, 6.45) is 2.74. The summed E-state index contributed by atoms with van der Waals surface area (Å²) in [5, 5.41) is 10.3. The molecule has 0 heterocycles. The van der Waals surface area contributed by atoms with Crippen LogP contribution in [0, 0.1) is 5.92 Å². The summed E-state index contributed by atoms with van der Waals surface area (Å²) in [6, 6.07) is 16.6. The van der Waals surface area contributed by atoms with Crippen LogP contribution in [0.1, 0.15) is 71.9 Å². The second kappa shape index (κ2) is 10.7. The molecule has 29 heavy (non-hydrogen) atoms. The molecule has 1 N–H and O–H groups in total. The van der Waals surface area contributed by atoms with E-state index < -0.39 is 6.10 Å². The molecule has 0 spiro atoms. The molecule has 3 heteroatoms. The standard InChI is InChI=1S/C26H38O3/c1-7-19(4)29-24-16-12-22(13-17-24)26(5,6)21-10-14-23(15-11-21)28-18-25(27)20(8-2)9-3/h10-17,19-20,25,27H,7-9,18H2,1-6H3. The van der Waals surface area contributed by atoms with Gasteiger partial charge in [-0.25, -0.2) is 0 Å². The summed E-state index contributed by atoms with van der Waals surface area (Å²) in [7, 11) is 0. The first-order chi connectivity index (χ1) is 13.8. The molecular weight excluding hydrogens is 360 g/mol. The van der Waals surface area contributed by atoms with Crippen molar-refractivity contribution in [3.8, 4) is 11.5 Å². The second-order valence-corrected chi connectivity index (χ2v) is 8.47. The Hall–Kier alpha value is -2.00. The van der Waals surface area contributed by atoms with Gasteiger partial charge in [-0.3, -0.25) is 0 Å². The minimum Gasteiger partial charge on any atom is -0.491 e. The molecule has 2 unspecified atom stereocenters. The Labute approximate surface area is 177 Å². The van der Waals surface area contributed by atoms with E-state index in [1.54, 1.807) is 0 Å². The maximum atomic E-state index is 10.3. The maximum Gasteiger partial charge on any atom is 0.119 e. The molecule has 0 aliphatic carbocycles. The first-order valence-corrected chi connectivity index (χ1v) is 11.0. The van der Waals surface area contributed by atoms with Gasteiger partial charge in [0.2, 0.25) is 0 Å². The molecule has 160 valence electrons. The highest BCUT2D eigenvalue weighted by atomic mass is 16.5. The molecule has 0 aliphatic rings. The largest absolute Gasteiger partial charge is 0.491 e. The molecule has 2 atom stereocenters. The predicted octanol–water partition coefficient (Wildman–Crippen LogP) is 6.37. The second-order valence-electron chi connectivity index (χ2n) is 8.47. The molecule has 3 nitrogen and oxygen atoms in total. The van der Waals surface area contributed by atoms with Gasteiger partial charge < -0.3 is 14.6 Å². The lowest BCUT2D eigenvalue weighted by molar-refractivity contribution is 0.0536. The van der Waals surface area contributed by atoms with Crippen LogP contribution in [0.5, 0.6) is 11.5 Å². The van der Waals surface area contributed by atoms with E-state index in [4.69, 9.17) is 9.47 Å². The van der Waals surface area contributed by atoms with Crippen molar-refractivity contribution in [2.45, 2.75) is 78.4 Å². The maximum absolute atomic E-state index is 10.3. The molecule has 0 saturated carbocycles. The highest BCUT2D eigenvalue weighted by molar-refractivity contribution is 5.41. The van der Waals surface area contributed by atoms with Crippen LogP contribution in [0.25, 0.3) is 0 Å². The van der Waals surface area contributed by atoms with Crippen molar-refractivity contribution in [2.24, 2.45) is 5.92 Å². The number of aliphatic hydroxyl groups is 1. The number of ether oxygens (including phenoxy) is 2. The van der Waals surface area contributed by atoms with Gasteiger partial charge in [0.25, 0.3) is 0 Å². The summed E-state index contributed by atoms with van der Waals surface area (Å²) in [6.45, 7) is 13.2. The third-order valence-electron chi connectivity index (χ3n) is 6.08. The normalized spacial score (nSPS) is 13.9. The van der Waals surface area contributed by atoms with Gasteiger partial charge in [0.15, 0.2) is 0 Å². The Bertz CT molecular complexity index is 715. The molecule has 0 bridgehead atoms. The Balaban J connectivity index is 2.03. The average molecular weight is 399 g/mol. The van der Waals surface area contributed by atoms with Gasteiger partial charge in [-0.2, -0.15) is 0 Å². The van der Waals surface area contributed by atoms with Gasteiger partial charge >= 0.3 is 0 Å². The fourth-order valence-electron chi connectivity index (χ4n) is 3.55. The first-order valence-electron chi connectivity index (χ1n) is 11.0. The monoisotopic (exact) mass is 398 g/mol. The highest BCUT2D eigenvalue weighted by Crippen LogP contribution is 2.33. The molecule has 2 aromatic carbocycles. The molecule has 2 rings (SSSR count). The Morgan fingerprint density at radius 3 is 1.72 bits per heavy atom. The topological polar surface area (TPSA) is 38.7 Å². The zero-order valence-electron chi connectivity index (χ0n) is 18.9. The third-order valence-corrected chi connectivity index (χ3v) is 6.08. The van der Waals surface area contributed by atoms with Crippen molar-refractivity contribution in [2.75, 3.05) is 6.61 Å². The number of benzene rings is 2. The molecule has 0 radical (unpaired) electrons.